The zero-order valence-electron chi connectivity index (χ0n) is 8.76. The number of hydrogen-bond donors (Lipinski definition) is 1. The van der Waals surface area contributed by atoms with Crippen LogP contribution >= 0.6 is 0 Å². The van der Waals surface area contributed by atoms with Gasteiger partial charge in [-0.1, -0.05) is 0 Å². The molecule has 0 spiro atoms. The van der Waals surface area contributed by atoms with Crippen LogP contribution in [0.15, 0.2) is 12.4 Å². The number of rotatable bonds is 3. The van der Waals surface area contributed by atoms with Crippen LogP contribution in [-0.2, 0) is 11.3 Å². The monoisotopic (exact) mass is 209 g/mol. The Labute approximate surface area is 88.7 Å². The number of aliphatic hydroxyl groups excluding tert-OH is 1. The summed E-state index contributed by atoms with van der Waals surface area (Å²) in [5.41, 5.74) is 0.592. The van der Waals surface area contributed by atoms with Gasteiger partial charge in [0.2, 0.25) is 0 Å². The van der Waals surface area contributed by atoms with Crippen LogP contribution in [0.25, 0.3) is 0 Å². The lowest BCUT2D eigenvalue weighted by atomic mass is 10.2. The first kappa shape index (κ1) is 10.3. The second kappa shape index (κ2) is 4.55. The highest BCUT2D eigenvalue weighted by molar-refractivity contribution is 5.36. The predicted molar refractivity (Wildman–Crippen MR) is 55.6 cm³/mol. The quantitative estimate of drug-likeness (QED) is 0.770. The van der Waals surface area contributed by atoms with Gasteiger partial charge in [-0.05, 0) is 6.42 Å². The highest BCUT2D eigenvalue weighted by Crippen LogP contribution is 2.16. The zero-order chi connectivity index (χ0) is 10.7. The SMILES string of the molecule is CN(c1cnc(CO)cn1)C1CCOC1. The smallest absolute Gasteiger partial charge is 0.147 e. The predicted octanol–water partition coefficient (Wildman–Crippen LogP) is 0.194. The van der Waals surface area contributed by atoms with Crippen molar-refractivity contribution < 1.29 is 9.84 Å². The van der Waals surface area contributed by atoms with Gasteiger partial charge in [0.15, 0.2) is 0 Å². The Bertz CT molecular complexity index is 309. The maximum absolute atomic E-state index is 8.84. The fourth-order valence-corrected chi connectivity index (χ4v) is 1.63. The molecule has 1 aliphatic heterocycles. The molecule has 15 heavy (non-hydrogen) atoms. The highest BCUT2D eigenvalue weighted by atomic mass is 16.5. The van der Waals surface area contributed by atoms with Gasteiger partial charge in [-0.3, -0.25) is 4.98 Å². The summed E-state index contributed by atoms with van der Waals surface area (Å²) in [6, 6.07) is 0.388. The molecule has 1 aliphatic rings. The third kappa shape index (κ3) is 2.24. The van der Waals surface area contributed by atoms with Gasteiger partial charge in [0.25, 0.3) is 0 Å². The summed E-state index contributed by atoms with van der Waals surface area (Å²) in [7, 11) is 1.99. The second-order valence-electron chi connectivity index (χ2n) is 3.65. The minimum Gasteiger partial charge on any atom is -0.390 e. The van der Waals surface area contributed by atoms with Gasteiger partial charge >= 0.3 is 0 Å². The molecule has 5 heteroatoms. The molecule has 0 saturated carbocycles. The maximum Gasteiger partial charge on any atom is 0.147 e. The van der Waals surface area contributed by atoms with Crippen molar-refractivity contribution >= 4 is 5.82 Å². The fraction of sp³-hybridized carbons (Fsp3) is 0.600. The van der Waals surface area contributed by atoms with E-state index in [-0.39, 0.29) is 6.61 Å². The molecule has 1 N–H and O–H groups in total. The van der Waals surface area contributed by atoms with Crippen molar-refractivity contribution in [1.29, 1.82) is 0 Å². The third-order valence-corrected chi connectivity index (χ3v) is 2.67. The molecule has 0 amide bonds. The van der Waals surface area contributed by atoms with Gasteiger partial charge in [0.05, 0.1) is 37.3 Å². The summed E-state index contributed by atoms with van der Waals surface area (Å²) in [6.45, 7) is 1.50. The molecular weight excluding hydrogens is 194 g/mol. The molecule has 0 aromatic carbocycles. The molecule has 2 rings (SSSR count). The molecule has 0 bridgehead atoms. The molecule has 1 saturated heterocycles. The number of likely N-dealkylation sites (N-methyl/N-ethyl adjacent to an activating group) is 1. The molecular formula is C10H15N3O2. The van der Waals surface area contributed by atoms with Crippen LogP contribution in [0, 0.1) is 0 Å². The van der Waals surface area contributed by atoms with E-state index in [1.165, 1.54) is 0 Å². The number of aromatic nitrogens is 2. The third-order valence-electron chi connectivity index (χ3n) is 2.67. The Balaban J connectivity index is 2.07. The van der Waals surface area contributed by atoms with E-state index in [9.17, 15) is 0 Å². The summed E-state index contributed by atoms with van der Waals surface area (Å²) in [5.74, 6) is 0.822. The van der Waals surface area contributed by atoms with Crippen molar-refractivity contribution in [2.45, 2.75) is 19.1 Å². The van der Waals surface area contributed by atoms with E-state index < -0.39 is 0 Å². The van der Waals surface area contributed by atoms with Crippen molar-refractivity contribution in [3.63, 3.8) is 0 Å². The molecule has 1 aromatic heterocycles. The summed E-state index contributed by atoms with van der Waals surface area (Å²) in [4.78, 5) is 10.4. The lowest BCUT2D eigenvalue weighted by Crippen LogP contribution is -2.32. The van der Waals surface area contributed by atoms with Crippen LogP contribution in [0.4, 0.5) is 5.82 Å². The average Bonchev–Trinajstić information content (AvgIpc) is 2.82. The lowest BCUT2D eigenvalue weighted by Gasteiger charge is -2.23. The highest BCUT2D eigenvalue weighted by Gasteiger charge is 2.21. The van der Waals surface area contributed by atoms with Crippen LogP contribution in [0.5, 0.6) is 0 Å². The molecule has 0 radical (unpaired) electrons. The van der Waals surface area contributed by atoms with Crippen molar-refractivity contribution in [1.82, 2.24) is 9.97 Å². The average molecular weight is 209 g/mol. The van der Waals surface area contributed by atoms with Crippen LogP contribution in [0.2, 0.25) is 0 Å². The van der Waals surface area contributed by atoms with Crippen LogP contribution in [-0.4, -0.2) is 41.4 Å². The van der Waals surface area contributed by atoms with E-state index >= 15 is 0 Å². The Morgan fingerprint density at radius 3 is 2.93 bits per heavy atom. The normalized spacial score (nSPS) is 20.5. The topological polar surface area (TPSA) is 58.5 Å². The Morgan fingerprint density at radius 1 is 1.53 bits per heavy atom. The van der Waals surface area contributed by atoms with Crippen molar-refractivity contribution in [3.8, 4) is 0 Å². The molecule has 82 valence electrons. The van der Waals surface area contributed by atoms with Gasteiger partial charge in [-0.2, -0.15) is 0 Å². The van der Waals surface area contributed by atoms with Crippen molar-refractivity contribution in [3.05, 3.63) is 18.1 Å². The van der Waals surface area contributed by atoms with Crippen LogP contribution in [0.1, 0.15) is 12.1 Å². The summed E-state index contributed by atoms with van der Waals surface area (Å²) in [5, 5.41) is 8.84. The molecule has 5 nitrogen and oxygen atoms in total. The zero-order valence-corrected chi connectivity index (χ0v) is 8.76. The fourth-order valence-electron chi connectivity index (χ4n) is 1.63. The number of anilines is 1. The first-order chi connectivity index (χ1) is 7.31. The van der Waals surface area contributed by atoms with E-state index in [1.54, 1.807) is 12.4 Å². The minimum atomic E-state index is -0.0659. The maximum atomic E-state index is 8.84. The molecule has 1 unspecified atom stereocenters. The van der Waals surface area contributed by atoms with Crippen LogP contribution < -0.4 is 4.90 Å². The second-order valence-corrected chi connectivity index (χ2v) is 3.65. The minimum absolute atomic E-state index is 0.0659. The standard InChI is InChI=1S/C10H15N3O2/c1-13(9-2-3-15-7-9)10-5-11-8(6-14)4-12-10/h4-5,9,14H,2-3,6-7H2,1H3. The number of hydrogen-bond acceptors (Lipinski definition) is 5. The molecule has 0 aliphatic carbocycles. The summed E-state index contributed by atoms with van der Waals surface area (Å²) in [6.07, 6.45) is 4.31. The largest absolute Gasteiger partial charge is 0.390 e. The summed E-state index contributed by atoms with van der Waals surface area (Å²) >= 11 is 0. The molecule has 1 atom stereocenters. The number of ether oxygens (including phenoxy) is 1. The Hall–Kier alpha value is -1.20. The Kier molecular flexibility index (Phi) is 3.13. The molecule has 1 fully saturated rings. The number of nitrogens with zero attached hydrogens (tertiary/aromatic N) is 3. The van der Waals surface area contributed by atoms with Crippen LogP contribution in [0.3, 0.4) is 0 Å². The van der Waals surface area contributed by atoms with Gasteiger partial charge in [-0.25, -0.2) is 4.98 Å². The van der Waals surface area contributed by atoms with Gasteiger partial charge in [0, 0.05) is 13.7 Å². The molecule has 1 aromatic rings. The Morgan fingerprint density at radius 2 is 2.40 bits per heavy atom. The van der Waals surface area contributed by atoms with E-state index in [1.807, 2.05) is 7.05 Å². The first-order valence-corrected chi connectivity index (χ1v) is 5.03. The number of aliphatic hydroxyl groups is 1. The molecule has 2 heterocycles. The van der Waals surface area contributed by atoms with E-state index in [4.69, 9.17) is 9.84 Å². The van der Waals surface area contributed by atoms with E-state index in [0.29, 0.717) is 11.7 Å². The van der Waals surface area contributed by atoms with Gasteiger partial charge in [0.1, 0.15) is 5.82 Å². The van der Waals surface area contributed by atoms with Gasteiger partial charge < -0.3 is 14.7 Å². The first-order valence-electron chi connectivity index (χ1n) is 5.03. The van der Waals surface area contributed by atoms with Crippen molar-refractivity contribution in [2.75, 3.05) is 25.2 Å². The van der Waals surface area contributed by atoms with E-state index in [2.05, 4.69) is 14.9 Å². The lowest BCUT2D eigenvalue weighted by molar-refractivity contribution is 0.193. The van der Waals surface area contributed by atoms with Gasteiger partial charge in [-0.15, -0.1) is 0 Å². The van der Waals surface area contributed by atoms with Crippen molar-refractivity contribution in [2.24, 2.45) is 0 Å². The summed E-state index contributed by atoms with van der Waals surface area (Å²) < 4.78 is 5.31. The van der Waals surface area contributed by atoms with E-state index in [0.717, 1.165) is 25.5 Å².